The zero-order valence-electron chi connectivity index (χ0n) is 7.05. The molecule has 1 heterocycles. The van der Waals surface area contributed by atoms with Gasteiger partial charge in [0, 0.05) is 26.7 Å². The Morgan fingerprint density at radius 3 is 2.91 bits per heavy atom. The first-order chi connectivity index (χ1) is 5.25. The highest BCUT2D eigenvalue weighted by molar-refractivity contribution is 5.73. The van der Waals surface area contributed by atoms with Gasteiger partial charge < -0.3 is 15.5 Å². The molecule has 0 aromatic rings. The smallest absolute Gasteiger partial charge is 0.317 e. The average molecular weight is 157 g/mol. The normalized spacial score (nSPS) is 23.3. The van der Waals surface area contributed by atoms with E-state index >= 15 is 0 Å². The molecule has 2 N–H and O–H groups in total. The highest BCUT2D eigenvalue weighted by Crippen LogP contribution is 2.05. The molecule has 0 bridgehead atoms. The average Bonchev–Trinajstić information content (AvgIpc) is 2.53. The van der Waals surface area contributed by atoms with Crippen LogP contribution in [0.1, 0.15) is 6.42 Å². The van der Waals surface area contributed by atoms with E-state index < -0.39 is 0 Å². The third kappa shape index (κ3) is 1.83. The minimum atomic E-state index is -0.00120. The second-order valence-electron chi connectivity index (χ2n) is 2.81. The molecule has 1 aliphatic heterocycles. The van der Waals surface area contributed by atoms with Gasteiger partial charge in [-0.3, -0.25) is 0 Å². The van der Waals surface area contributed by atoms with E-state index in [2.05, 4.69) is 10.6 Å². The summed E-state index contributed by atoms with van der Waals surface area (Å²) >= 11 is 0. The van der Waals surface area contributed by atoms with E-state index in [0.717, 1.165) is 19.5 Å². The van der Waals surface area contributed by atoms with E-state index in [1.165, 1.54) is 0 Å². The van der Waals surface area contributed by atoms with Crippen LogP contribution in [0.25, 0.3) is 0 Å². The summed E-state index contributed by atoms with van der Waals surface area (Å²) in [6.07, 6.45) is 1.06. The lowest BCUT2D eigenvalue weighted by Crippen LogP contribution is -2.43. The molecule has 1 unspecified atom stereocenters. The van der Waals surface area contributed by atoms with Crippen molar-refractivity contribution in [1.29, 1.82) is 0 Å². The van der Waals surface area contributed by atoms with Crippen molar-refractivity contribution in [2.45, 2.75) is 12.5 Å². The van der Waals surface area contributed by atoms with Crippen molar-refractivity contribution < 1.29 is 4.79 Å². The van der Waals surface area contributed by atoms with Crippen molar-refractivity contribution in [2.24, 2.45) is 0 Å². The van der Waals surface area contributed by atoms with E-state index in [4.69, 9.17) is 0 Å². The van der Waals surface area contributed by atoms with Crippen molar-refractivity contribution in [2.75, 3.05) is 27.2 Å². The summed E-state index contributed by atoms with van der Waals surface area (Å²) < 4.78 is 0. The second kappa shape index (κ2) is 3.57. The molecule has 0 spiro atoms. The van der Waals surface area contributed by atoms with Gasteiger partial charge in [0.1, 0.15) is 0 Å². The lowest BCUT2D eigenvalue weighted by atomic mass is 10.2. The number of urea groups is 1. The first kappa shape index (κ1) is 8.33. The number of hydrogen-bond acceptors (Lipinski definition) is 2. The van der Waals surface area contributed by atoms with Crippen LogP contribution < -0.4 is 10.6 Å². The van der Waals surface area contributed by atoms with Crippen LogP contribution in [0.15, 0.2) is 0 Å². The maximum atomic E-state index is 11.1. The van der Waals surface area contributed by atoms with Crippen LogP contribution in [0.3, 0.4) is 0 Å². The third-order valence-electron chi connectivity index (χ3n) is 2.12. The summed E-state index contributed by atoms with van der Waals surface area (Å²) in [5.41, 5.74) is 0. The number of hydrogen-bond donors (Lipinski definition) is 2. The van der Waals surface area contributed by atoms with Crippen LogP contribution in [0.4, 0.5) is 4.79 Å². The molecule has 1 atom stereocenters. The molecule has 4 heteroatoms. The van der Waals surface area contributed by atoms with Crippen LogP contribution in [0.5, 0.6) is 0 Å². The van der Waals surface area contributed by atoms with Crippen LogP contribution >= 0.6 is 0 Å². The van der Waals surface area contributed by atoms with Crippen LogP contribution in [0, 0.1) is 0 Å². The summed E-state index contributed by atoms with van der Waals surface area (Å²) in [6, 6.07) is 0.369. The van der Waals surface area contributed by atoms with Gasteiger partial charge in [-0.15, -0.1) is 0 Å². The standard InChI is InChI=1S/C7H15N3O/c1-8-7(11)10(2)6-3-4-9-5-6/h6,9H,3-5H2,1-2H3,(H,8,11). The van der Waals surface area contributed by atoms with Crippen LogP contribution in [-0.2, 0) is 0 Å². The molecule has 11 heavy (non-hydrogen) atoms. The second-order valence-corrected chi connectivity index (χ2v) is 2.81. The molecule has 0 aromatic heterocycles. The zero-order chi connectivity index (χ0) is 8.27. The van der Waals surface area contributed by atoms with E-state index in [1.807, 2.05) is 7.05 Å². The molecule has 1 fully saturated rings. The highest BCUT2D eigenvalue weighted by atomic mass is 16.2. The minimum absolute atomic E-state index is 0.00120. The predicted molar refractivity (Wildman–Crippen MR) is 43.5 cm³/mol. The molecule has 1 aliphatic rings. The first-order valence-corrected chi connectivity index (χ1v) is 3.91. The minimum Gasteiger partial charge on any atom is -0.341 e. The fourth-order valence-electron chi connectivity index (χ4n) is 1.31. The molecule has 2 amide bonds. The Morgan fingerprint density at radius 2 is 2.45 bits per heavy atom. The molecule has 0 radical (unpaired) electrons. The predicted octanol–water partition coefficient (Wildman–Crippen LogP) is -0.381. The van der Waals surface area contributed by atoms with Gasteiger partial charge in [0.05, 0.1) is 0 Å². The van der Waals surface area contributed by atoms with Crippen LogP contribution in [0.2, 0.25) is 0 Å². The Balaban J connectivity index is 2.39. The van der Waals surface area contributed by atoms with Crippen molar-refractivity contribution >= 4 is 6.03 Å². The lowest BCUT2D eigenvalue weighted by Gasteiger charge is -2.22. The van der Waals surface area contributed by atoms with Gasteiger partial charge in [0.15, 0.2) is 0 Å². The highest BCUT2D eigenvalue weighted by Gasteiger charge is 2.21. The quantitative estimate of drug-likeness (QED) is 0.545. The monoisotopic (exact) mass is 157 g/mol. The van der Waals surface area contributed by atoms with Gasteiger partial charge in [-0.1, -0.05) is 0 Å². The fourth-order valence-corrected chi connectivity index (χ4v) is 1.31. The molecule has 0 saturated carbocycles. The molecule has 4 nitrogen and oxygen atoms in total. The maximum absolute atomic E-state index is 11.1. The van der Waals surface area contributed by atoms with E-state index in [0.29, 0.717) is 6.04 Å². The number of amides is 2. The van der Waals surface area contributed by atoms with Crippen molar-refractivity contribution in [3.63, 3.8) is 0 Å². The van der Waals surface area contributed by atoms with Gasteiger partial charge in [-0.05, 0) is 13.0 Å². The number of likely N-dealkylation sites (N-methyl/N-ethyl adjacent to an activating group) is 1. The summed E-state index contributed by atoms with van der Waals surface area (Å²) in [5, 5.41) is 5.81. The molecular weight excluding hydrogens is 142 g/mol. The maximum Gasteiger partial charge on any atom is 0.317 e. The Morgan fingerprint density at radius 1 is 1.73 bits per heavy atom. The van der Waals surface area contributed by atoms with Gasteiger partial charge >= 0.3 is 6.03 Å². The molecule has 0 aromatic carbocycles. The number of carbonyl (C=O) groups excluding carboxylic acids is 1. The number of nitrogens with zero attached hydrogens (tertiary/aromatic N) is 1. The van der Waals surface area contributed by atoms with Gasteiger partial charge in [-0.25, -0.2) is 4.79 Å². The van der Waals surface area contributed by atoms with Crippen molar-refractivity contribution in [1.82, 2.24) is 15.5 Å². The van der Waals surface area contributed by atoms with Gasteiger partial charge in [0.2, 0.25) is 0 Å². The number of nitrogens with one attached hydrogen (secondary N) is 2. The Labute approximate surface area is 66.9 Å². The number of rotatable bonds is 1. The molecular formula is C7H15N3O. The van der Waals surface area contributed by atoms with Crippen molar-refractivity contribution in [3.05, 3.63) is 0 Å². The Hall–Kier alpha value is -0.770. The molecule has 1 rings (SSSR count). The Kier molecular flexibility index (Phi) is 2.70. The molecule has 0 aliphatic carbocycles. The van der Waals surface area contributed by atoms with E-state index in [-0.39, 0.29) is 6.03 Å². The lowest BCUT2D eigenvalue weighted by molar-refractivity contribution is 0.196. The first-order valence-electron chi connectivity index (χ1n) is 3.91. The zero-order valence-corrected chi connectivity index (χ0v) is 7.05. The SMILES string of the molecule is CNC(=O)N(C)C1CCNC1. The summed E-state index contributed by atoms with van der Waals surface area (Å²) in [7, 11) is 3.48. The van der Waals surface area contributed by atoms with E-state index in [1.54, 1.807) is 11.9 Å². The largest absolute Gasteiger partial charge is 0.341 e. The summed E-state index contributed by atoms with van der Waals surface area (Å²) in [6.45, 7) is 1.94. The Bertz CT molecular complexity index is 143. The fraction of sp³-hybridized carbons (Fsp3) is 0.857. The topological polar surface area (TPSA) is 44.4 Å². The molecule has 64 valence electrons. The van der Waals surface area contributed by atoms with Gasteiger partial charge in [-0.2, -0.15) is 0 Å². The third-order valence-corrected chi connectivity index (χ3v) is 2.12. The number of carbonyl (C=O) groups is 1. The van der Waals surface area contributed by atoms with E-state index in [9.17, 15) is 4.79 Å². The van der Waals surface area contributed by atoms with Crippen molar-refractivity contribution in [3.8, 4) is 0 Å². The summed E-state index contributed by atoms with van der Waals surface area (Å²) in [5.74, 6) is 0. The van der Waals surface area contributed by atoms with Crippen LogP contribution in [-0.4, -0.2) is 44.2 Å². The molecule has 1 saturated heterocycles. The summed E-state index contributed by atoms with van der Waals surface area (Å²) in [4.78, 5) is 12.8. The van der Waals surface area contributed by atoms with Gasteiger partial charge in [0.25, 0.3) is 0 Å².